The fourth-order valence-electron chi connectivity index (χ4n) is 4.01. The van der Waals surface area contributed by atoms with Gasteiger partial charge in [0.05, 0.1) is 10.6 Å². The molecule has 1 aromatic heterocycles. The van der Waals surface area contributed by atoms with Gasteiger partial charge < -0.3 is 18.9 Å². The largest absolute Gasteiger partial charge is 0.486 e. The van der Waals surface area contributed by atoms with Gasteiger partial charge in [0, 0.05) is 24.7 Å². The second-order valence-electron chi connectivity index (χ2n) is 8.22. The molecule has 1 saturated heterocycles. The molecule has 2 aromatic carbocycles. The van der Waals surface area contributed by atoms with Crippen molar-refractivity contribution in [3.63, 3.8) is 0 Å². The number of piperidine rings is 1. The number of likely N-dealkylation sites (tertiary alicyclic amines) is 1. The minimum absolute atomic E-state index is 0.0635. The van der Waals surface area contributed by atoms with Crippen LogP contribution in [0.15, 0.2) is 45.8 Å². The van der Waals surface area contributed by atoms with Gasteiger partial charge in [-0.15, -0.1) is 0 Å². The van der Waals surface area contributed by atoms with E-state index in [0.29, 0.717) is 54.6 Å². The highest BCUT2D eigenvalue weighted by Gasteiger charge is 2.25. The Morgan fingerprint density at radius 3 is 2.56 bits per heavy atom. The van der Waals surface area contributed by atoms with E-state index >= 15 is 0 Å². The molecule has 0 spiro atoms. The van der Waals surface area contributed by atoms with E-state index in [2.05, 4.69) is 14.9 Å². The number of hydrogen-bond acceptors (Lipinski definition) is 8. The summed E-state index contributed by atoms with van der Waals surface area (Å²) in [6.45, 7) is 3.87. The van der Waals surface area contributed by atoms with Crippen LogP contribution in [0.5, 0.6) is 11.5 Å². The second-order valence-corrected chi connectivity index (χ2v) is 9.87. The summed E-state index contributed by atoms with van der Waals surface area (Å²) in [5.74, 6) is 0.792. The van der Waals surface area contributed by atoms with Gasteiger partial charge in [0.1, 0.15) is 13.2 Å². The molecule has 3 aromatic rings. The van der Waals surface area contributed by atoms with Crippen molar-refractivity contribution < 1.29 is 27.2 Å². The number of rotatable bonds is 5. The number of amides is 1. The maximum atomic E-state index is 13.2. The second kappa shape index (κ2) is 8.98. The molecule has 178 valence electrons. The van der Waals surface area contributed by atoms with E-state index in [-0.39, 0.29) is 22.5 Å². The summed E-state index contributed by atoms with van der Waals surface area (Å²) in [7, 11) is -3.94. The van der Waals surface area contributed by atoms with Crippen LogP contribution in [0.4, 0.5) is 5.69 Å². The molecule has 34 heavy (non-hydrogen) atoms. The maximum Gasteiger partial charge on any atom is 0.316 e. The standard InChI is InChI=1S/C23H24N4O6S/c1-15-5-6-16(21-24-22(33-25-21)23(28)27-9-3-2-4-10-27)13-20(15)34(29,30)26-17-7-8-18-19(14-17)32-12-11-31-18/h5-8,13-14,26H,2-4,9-12H2,1H3. The highest BCUT2D eigenvalue weighted by molar-refractivity contribution is 7.92. The quantitative estimate of drug-likeness (QED) is 0.585. The van der Waals surface area contributed by atoms with E-state index in [1.165, 1.54) is 6.07 Å². The normalized spacial score (nSPS) is 15.7. The first kappa shape index (κ1) is 22.2. The van der Waals surface area contributed by atoms with E-state index in [1.54, 1.807) is 42.2 Å². The van der Waals surface area contributed by atoms with Crippen molar-refractivity contribution in [2.75, 3.05) is 31.0 Å². The highest BCUT2D eigenvalue weighted by atomic mass is 32.2. The van der Waals surface area contributed by atoms with Crippen molar-refractivity contribution in [3.8, 4) is 22.9 Å². The van der Waals surface area contributed by atoms with E-state index in [1.807, 2.05) is 0 Å². The van der Waals surface area contributed by atoms with Gasteiger partial charge in [-0.05, 0) is 49.9 Å². The molecular formula is C23H24N4O6S. The molecule has 3 heterocycles. The third-order valence-corrected chi connectivity index (χ3v) is 7.31. The summed E-state index contributed by atoms with van der Waals surface area (Å²) >= 11 is 0. The van der Waals surface area contributed by atoms with Crippen molar-refractivity contribution in [2.24, 2.45) is 0 Å². The number of benzene rings is 2. The van der Waals surface area contributed by atoms with Crippen LogP contribution in [0.3, 0.4) is 0 Å². The number of fused-ring (bicyclic) bond motifs is 1. The lowest BCUT2D eigenvalue weighted by molar-refractivity contribution is 0.0674. The zero-order valence-electron chi connectivity index (χ0n) is 18.6. The number of sulfonamides is 1. The van der Waals surface area contributed by atoms with Crippen LogP contribution in [0.25, 0.3) is 11.4 Å². The van der Waals surface area contributed by atoms with E-state index < -0.39 is 10.0 Å². The predicted octanol–water partition coefficient (Wildman–Crippen LogP) is 3.24. The number of hydrogen-bond donors (Lipinski definition) is 1. The lowest BCUT2D eigenvalue weighted by Crippen LogP contribution is -2.35. The van der Waals surface area contributed by atoms with Crippen molar-refractivity contribution in [3.05, 3.63) is 47.9 Å². The average molecular weight is 485 g/mol. The predicted molar refractivity (Wildman–Crippen MR) is 122 cm³/mol. The molecule has 1 amide bonds. The summed E-state index contributed by atoms with van der Waals surface area (Å²) in [5, 5.41) is 3.91. The molecule has 5 rings (SSSR count). The first-order valence-electron chi connectivity index (χ1n) is 11.1. The Morgan fingerprint density at radius 1 is 1.00 bits per heavy atom. The number of aromatic nitrogens is 2. The van der Waals surface area contributed by atoms with Crippen LogP contribution in [0.1, 0.15) is 35.5 Å². The summed E-state index contributed by atoms with van der Waals surface area (Å²) < 4.78 is 45.2. The first-order valence-corrected chi connectivity index (χ1v) is 12.6. The molecule has 1 N–H and O–H groups in total. The third kappa shape index (κ3) is 4.43. The van der Waals surface area contributed by atoms with Gasteiger partial charge in [-0.1, -0.05) is 17.3 Å². The topological polar surface area (TPSA) is 124 Å². The number of carbonyl (C=O) groups excluding carboxylic acids is 1. The average Bonchev–Trinajstić information content (AvgIpc) is 3.34. The summed E-state index contributed by atoms with van der Waals surface area (Å²) in [4.78, 5) is 18.6. The number of nitrogens with zero attached hydrogens (tertiary/aromatic N) is 3. The molecule has 0 radical (unpaired) electrons. The van der Waals surface area contributed by atoms with Crippen LogP contribution < -0.4 is 14.2 Å². The zero-order chi connectivity index (χ0) is 23.7. The molecule has 2 aliphatic heterocycles. The first-order chi connectivity index (χ1) is 16.4. The van der Waals surface area contributed by atoms with E-state index in [0.717, 1.165) is 19.3 Å². The molecule has 11 heteroatoms. The van der Waals surface area contributed by atoms with Crippen molar-refractivity contribution in [1.29, 1.82) is 0 Å². The Balaban J connectivity index is 1.39. The van der Waals surface area contributed by atoms with Crippen LogP contribution in [-0.2, 0) is 10.0 Å². The maximum absolute atomic E-state index is 13.2. The molecule has 0 aliphatic carbocycles. The van der Waals surface area contributed by atoms with Crippen LogP contribution in [0.2, 0.25) is 0 Å². The summed E-state index contributed by atoms with van der Waals surface area (Å²) in [6.07, 6.45) is 2.99. The molecule has 1 fully saturated rings. The Labute approximate surface area is 196 Å². The van der Waals surface area contributed by atoms with Crippen LogP contribution >= 0.6 is 0 Å². The fourth-order valence-corrected chi connectivity index (χ4v) is 5.33. The van der Waals surface area contributed by atoms with Gasteiger partial charge >= 0.3 is 11.8 Å². The molecule has 0 saturated carbocycles. The minimum Gasteiger partial charge on any atom is -0.486 e. The van der Waals surface area contributed by atoms with Gasteiger partial charge in [0.25, 0.3) is 10.0 Å². The monoisotopic (exact) mass is 484 g/mol. The molecule has 0 atom stereocenters. The minimum atomic E-state index is -3.94. The number of aryl methyl sites for hydroxylation is 1. The van der Waals surface area contributed by atoms with E-state index in [4.69, 9.17) is 14.0 Å². The summed E-state index contributed by atoms with van der Waals surface area (Å²) in [6, 6.07) is 9.69. The van der Waals surface area contributed by atoms with Crippen LogP contribution in [-0.4, -0.2) is 55.7 Å². The van der Waals surface area contributed by atoms with Crippen molar-refractivity contribution in [2.45, 2.75) is 31.1 Å². The van der Waals surface area contributed by atoms with Crippen molar-refractivity contribution >= 4 is 21.6 Å². The SMILES string of the molecule is Cc1ccc(-c2noc(C(=O)N3CCCCC3)n2)cc1S(=O)(=O)Nc1ccc2c(c1)OCCO2. The van der Waals surface area contributed by atoms with Crippen molar-refractivity contribution in [1.82, 2.24) is 15.0 Å². The van der Waals surface area contributed by atoms with Gasteiger partial charge in [-0.25, -0.2) is 8.42 Å². The molecule has 0 unspecified atom stereocenters. The Bertz CT molecular complexity index is 1330. The molecule has 2 aliphatic rings. The van der Waals surface area contributed by atoms with Gasteiger partial charge in [0.15, 0.2) is 11.5 Å². The molecular weight excluding hydrogens is 460 g/mol. The number of ether oxygens (including phenoxy) is 2. The van der Waals surface area contributed by atoms with E-state index in [9.17, 15) is 13.2 Å². The fraction of sp³-hybridized carbons (Fsp3) is 0.348. The highest BCUT2D eigenvalue weighted by Crippen LogP contribution is 2.34. The molecule has 0 bridgehead atoms. The number of carbonyl (C=O) groups is 1. The Hall–Kier alpha value is -3.60. The van der Waals surface area contributed by atoms with Gasteiger partial charge in [0.2, 0.25) is 5.82 Å². The lowest BCUT2D eigenvalue weighted by atomic mass is 10.1. The number of nitrogens with one attached hydrogen (secondary N) is 1. The smallest absolute Gasteiger partial charge is 0.316 e. The Morgan fingerprint density at radius 2 is 1.76 bits per heavy atom. The Kier molecular flexibility index (Phi) is 5.86. The number of anilines is 1. The van der Waals surface area contributed by atoms with Gasteiger partial charge in [-0.2, -0.15) is 4.98 Å². The van der Waals surface area contributed by atoms with Crippen LogP contribution in [0, 0.1) is 6.92 Å². The third-order valence-electron chi connectivity index (χ3n) is 5.78. The van der Waals surface area contributed by atoms with Gasteiger partial charge in [-0.3, -0.25) is 9.52 Å². The lowest BCUT2D eigenvalue weighted by Gasteiger charge is -2.24. The molecule has 10 nitrogen and oxygen atoms in total. The zero-order valence-corrected chi connectivity index (χ0v) is 19.4. The summed E-state index contributed by atoms with van der Waals surface area (Å²) in [5.41, 5.74) is 1.32.